The van der Waals surface area contributed by atoms with E-state index in [1.54, 1.807) is 18.0 Å². The molecule has 11 heteroatoms. The largest absolute Gasteiger partial charge is 0.487 e. The number of nitrogens with zero attached hydrogens (tertiary/aromatic N) is 3. The number of aromatic nitrogens is 1. The number of allylic oxidation sites excluding steroid dienone is 1. The van der Waals surface area contributed by atoms with Gasteiger partial charge in [0.25, 0.3) is 0 Å². The zero-order valence-corrected chi connectivity index (χ0v) is 34.9. The van der Waals surface area contributed by atoms with Crippen molar-refractivity contribution in [2.45, 2.75) is 123 Å². The van der Waals surface area contributed by atoms with E-state index in [1.807, 2.05) is 78.8 Å². The van der Waals surface area contributed by atoms with Gasteiger partial charge in [0, 0.05) is 43.9 Å². The van der Waals surface area contributed by atoms with Crippen LogP contribution in [-0.2, 0) is 20.9 Å². The molecule has 1 fully saturated rings. The minimum absolute atomic E-state index is 0.0960. The summed E-state index contributed by atoms with van der Waals surface area (Å²) in [7, 11) is 1.75. The van der Waals surface area contributed by atoms with Crippen molar-refractivity contribution in [1.82, 2.24) is 9.88 Å². The number of ether oxygens (including phenoxy) is 4. The molecule has 1 aromatic heterocycles. The lowest BCUT2D eigenvalue weighted by Gasteiger charge is -2.59. The van der Waals surface area contributed by atoms with Gasteiger partial charge < -0.3 is 38.9 Å². The monoisotopic (exact) mass is 775 g/mol. The molecule has 11 nitrogen and oxygen atoms in total. The summed E-state index contributed by atoms with van der Waals surface area (Å²) >= 11 is 0. The molecule has 2 heterocycles. The van der Waals surface area contributed by atoms with Crippen LogP contribution in [0.2, 0.25) is 0 Å². The molecule has 1 aliphatic heterocycles. The van der Waals surface area contributed by atoms with Crippen LogP contribution in [0.3, 0.4) is 0 Å². The van der Waals surface area contributed by atoms with Crippen molar-refractivity contribution in [3.05, 3.63) is 77.7 Å². The molecule has 6 atom stereocenters. The Morgan fingerprint density at radius 2 is 1.80 bits per heavy atom. The van der Waals surface area contributed by atoms with Gasteiger partial charge in [0.1, 0.15) is 29.7 Å². The SMILES string of the molecule is C=CCO[C@@]12Oc3ccc(OCc4cccc(C)n4)cc3[C@H]3[C@H](CCCCO)[C@@H](CCCCO)C=C(C(=NOC(C)(C)C)C[C@@H]1N(C)C(=O)OCC(C)(C)C)[C@H]32. The Morgan fingerprint density at radius 1 is 1.07 bits per heavy atom. The molecule has 1 saturated carbocycles. The highest BCUT2D eigenvalue weighted by Crippen LogP contribution is 2.62. The molecule has 0 saturated heterocycles. The minimum atomic E-state index is -1.35. The molecule has 2 N–H and O–H groups in total. The first-order valence-corrected chi connectivity index (χ1v) is 20.3. The van der Waals surface area contributed by atoms with Gasteiger partial charge in [-0.15, -0.1) is 6.58 Å². The molecule has 56 heavy (non-hydrogen) atoms. The van der Waals surface area contributed by atoms with E-state index in [0.717, 1.165) is 53.9 Å². The predicted octanol–water partition coefficient (Wildman–Crippen LogP) is 8.52. The zero-order valence-electron chi connectivity index (χ0n) is 34.9. The first-order valence-electron chi connectivity index (χ1n) is 20.3. The number of benzene rings is 1. The van der Waals surface area contributed by atoms with Crippen LogP contribution in [-0.4, -0.2) is 82.8 Å². The van der Waals surface area contributed by atoms with Crippen molar-refractivity contribution < 1.29 is 38.8 Å². The summed E-state index contributed by atoms with van der Waals surface area (Å²) in [5, 5.41) is 24.6. The van der Waals surface area contributed by atoms with E-state index in [9.17, 15) is 15.0 Å². The highest BCUT2D eigenvalue weighted by molar-refractivity contribution is 6.03. The van der Waals surface area contributed by atoms with Crippen molar-refractivity contribution in [1.29, 1.82) is 0 Å². The maximum absolute atomic E-state index is 14.0. The number of carbonyl (C=O) groups is 1. The number of aliphatic hydroxyl groups is 2. The maximum atomic E-state index is 14.0. The molecular formula is C45H65N3O8. The van der Waals surface area contributed by atoms with E-state index in [1.165, 1.54) is 0 Å². The van der Waals surface area contributed by atoms with Crippen LogP contribution in [0.25, 0.3) is 0 Å². The second-order valence-corrected chi connectivity index (χ2v) is 17.8. The fourth-order valence-electron chi connectivity index (χ4n) is 8.35. The maximum Gasteiger partial charge on any atom is 0.410 e. The van der Waals surface area contributed by atoms with Crippen LogP contribution in [0.4, 0.5) is 4.79 Å². The normalized spacial score (nSPS) is 25.0. The standard InChI is InChI=1S/C45H65N3O8/c1-10-24-54-45-39(48(9)42(51)53-29-43(3,4)5)27-37(47-56-44(6,7)8)35-25-31(17-11-13-22-49)34(19-12-14-23-50)40(41(35)45)36-26-33(20-21-38(36)55-45)52-28-32-18-15-16-30(2)46-32/h10,15-16,18,20-21,25-26,31,34,39-41,49-50H,1,11-14,17,19,22-24,27-29H2,2-9H3/t31-,34+,39-,40+,41+,45+/m0/s1. The lowest BCUT2D eigenvalue weighted by atomic mass is 9.55. The Bertz CT molecular complexity index is 1710. The van der Waals surface area contributed by atoms with Gasteiger partial charge in [0.2, 0.25) is 5.79 Å². The van der Waals surface area contributed by atoms with Crippen molar-refractivity contribution in [3.8, 4) is 11.5 Å². The average molecular weight is 776 g/mol. The molecule has 308 valence electrons. The van der Waals surface area contributed by atoms with Gasteiger partial charge in [-0.2, -0.15) is 0 Å². The van der Waals surface area contributed by atoms with Crippen LogP contribution in [0.1, 0.15) is 109 Å². The molecule has 0 spiro atoms. The Kier molecular flexibility index (Phi) is 14.3. The number of hydrogen-bond donors (Lipinski definition) is 2. The van der Waals surface area contributed by atoms with Gasteiger partial charge in [0.05, 0.1) is 30.5 Å². The second-order valence-electron chi connectivity index (χ2n) is 17.8. The number of unbranched alkanes of at least 4 members (excludes halogenated alkanes) is 2. The molecule has 0 radical (unpaired) electrons. The van der Waals surface area contributed by atoms with Gasteiger partial charge in [-0.1, -0.05) is 57.0 Å². The van der Waals surface area contributed by atoms with Crippen molar-refractivity contribution >= 4 is 11.8 Å². The smallest absolute Gasteiger partial charge is 0.410 e. The van der Waals surface area contributed by atoms with Crippen molar-refractivity contribution in [3.63, 3.8) is 0 Å². The van der Waals surface area contributed by atoms with Crippen LogP contribution in [0.5, 0.6) is 11.5 Å². The molecular weight excluding hydrogens is 711 g/mol. The number of oxime groups is 1. The summed E-state index contributed by atoms with van der Waals surface area (Å²) in [5.74, 6) is -0.374. The lowest BCUT2D eigenvalue weighted by molar-refractivity contribution is -0.254. The molecule has 2 aliphatic carbocycles. The summed E-state index contributed by atoms with van der Waals surface area (Å²) in [6.45, 7) is 18.9. The number of carbonyl (C=O) groups excluding carboxylic acids is 1. The first kappa shape index (κ1) is 43.2. The average Bonchev–Trinajstić information content (AvgIpc) is 3.15. The zero-order chi connectivity index (χ0) is 40.7. The number of amides is 1. The van der Waals surface area contributed by atoms with Gasteiger partial charge in [0.15, 0.2) is 0 Å². The number of rotatable bonds is 17. The highest BCUT2D eigenvalue weighted by Gasteiger charge is 2.65. The van der Waals surface area contributed by atoms with E-state index in [2.05, 4.69) is 23.7 Å². The highest BCUT2D eigenvalue weighted by atomic mass is 16.7. The minimum Gasteiger partial charge on any atom is -0.487 e. The Morgan fingerprint density at radius 3 is 2.46 bits per heavy atom. The van der Waals surface area contributed by atoms with E-state index in [-0.39, 0.29) is 49.6 Å². The predicted molar refractivity (Wildman–Crippen MR) is 218 cm³/mol. The summed E-state index contributed by atoms with van der Waals surface area (Å²) in [4.78, 5) is 26.4. The topological polar surface area (TPSA) is 132 Å². The van der Waals surface area contributed by atoms with E-state index < -0.39 is 29.4 Å². The summed E-state index contributed by atoms with van der Waals surface area (Å²) in [5.41, 5.74) is 3.66. The fourth-order valence-corrected chi connectivity index (χ4v) is 8.35. The van der Waals surface area contributed by atoms with Crippen molar-refractivity contribution in [2.24, 2.45) is 28.3 Å². The third kappa shape index (κ3) is 10.3. The molecule has 2 aromatic rings. The molecule has 1 aromatic carbocycles. The van der Waals surface area contributed by atoms with Crippen LogP contribution in [0.15, 0.2) is 65.9 Å². The van der Waals surface area contributed by atoms with E-state index >= 15 is 0 Å². The first-order chi connectivity index (χ1) is 26.6. The molecule has 0 bridgehead atoms. The quantitative estimate of drug-likeness (QED) is 0.0922. The fraction of sp³-hybridized carbons (Fsp3) is 0.622. The number of hydrogen-bond acceptors (Lipinski definition) is 10. The third-order valence-corrected chi connectivity index (χ3v) is 10.8. The van der Waals surface area contributed by atoms with E-state index in [4.69, 9.17) is 28.9 Å². The van der Waals surface area contributed by atoms with Crippen molar-refractivity contribution in [2.75, 3.05) is 33.5 Å². The number of fused-ring (bicyclic) bond motifs is 2. The third-order valence-electron chi connectivity index (χ3n) is 10.8. The molecule has 0 unspecified atom stereocenters. The molecule has 1 amide bonds. The van der Waals surface area contributed by atoms with E-state index in [0.29, 0.717) is 37.4 Å². The van der Waals surface area contributed by atoms with Gasteiger partial charge in [-0.05, 0) is 107 Å². The Labute approximate surface area is 334 Å². The number of aliphatic hydroxyl groups excluding tert-OH is 2. The summed E-state index contributed by atoms with van der Waals surface area (Å²) in [6, 6.07) is 11.2. The number of aryl methyl sites for hydroxylation is 1. The molecule has 3 aliphatic rings. The van der Waals surface area contributed by atoms with Crippen LogP contribution in [0, 0.1) is 30.1 Å². The summed E-state index contributed by atoms with van der Waals surface area (Å²) < 4.78 is 26.5. The molecule has 5 rings (SSSR count). The Balaban J connectivity index is 1.72. The second kappa shape index (κ2) is 18.6. The Hall–Kier alpha value is -3.93. The lowest BCUT2D eigenvalue weighted by Crippen LogP contribution is -2.69. The number of likely N-dealkylation sites (N-methyl/N-ethyl adjacent to an activating group) is 1. The number of pyridine rings is 1. The van der Waals surface area contributed by atoms with Gasteiger partial charge >= 0.3 is 6.09 Å². The van der Waals surface area contributed by atoms with Gasteiger partial charge in [-0.3, -0.25) is 4.98 Å². The van der Waals surface area contributed by atoms with Crippen LogP contribution >= 0.6 is 0 Å². The van der Waals surface area contributed by atoms with Gasteiger partial charge in [-0.25, -0.2) is 4.79 Å². The summed E-state index contributed by atoms with van der Waals surface area (Å²) in [6.07, 6.45) is 8.62. The van der Waals surface area contributed by atoms with Crippen LogP contribution < -0.4 is 9.47 Å².